The molecule has 0 unspecified atom stereocenters. The number of nitrogens with zero attached hydrogens (tertiary/aromatic N) is 6. The summed E-state index contributed by atoms with van der Waals surface area (Å²) in [5.41, 5.74) is 7.24. The van der Waals surface area contributed by atoms with E-state index < -0.39 is 0 Å². The predicted molar refractivity (Wildman–Crippen MR) is 96.0 cm³/mol. The van der Waals surface area contributed by atoms with Crippen molar-refractivity contribution in [2.24, 2.45) is 0 Å². The van der Waals surface area contributed by atoms with Crippen LogP contribution in [-0.2, 0) is 9.47 Å². The van der Waals surface area contributed by atoms with Gasteiger partial charge in [-0.3, -0.25) is 0 Å². The van der Waals surface area contributed by atoms with Crippen LogP contribution in [-0.4, -0.2) is 71.5 Å². The number of fused-ring (bicyclic) bond motifs is 2. The summed E-state index contributed by atoms with van der Waals surface area (Å²) in [5.74, 6) is 1.90. The van der Waals surface area contributed by atoms with Gasteiger partial charge in [-0.25, -0.2) is 15.0 Å². The lowest BCUT2D eigenvalue weighted by Crippen LogP contribution is -2.52. The van der Waals surface area contributed by atoms with Crippen molar-refractivity contribution in [3.63, 3.8) is 0 Å². The minimum absolute atomic E-state index is 0.238. The molecule has 26 heavy (non-hydrogen) atoms. The van der Waals surface area contributed by atoms with Crippen LogP contribution in [0, 0.1) is 0 Å². The zero-order valence-electron chi connectivity index (χ0n) is 14.6. The number of nitrogens with two attached hydrogens (primary N) is 1. The molecular formula is C17H21N7O2. The third kappa shape index (κ3) is 2.63. The smallest absolute Gasteiger partial charge is 0.228 e. The molecule has 5 heterocycles. The second-order valence-electron chi connectivity index (χ2n) is 7.00. The van der Waals surface area contributed by atoms with Gasteiger partial charge in [0.2, 0.25) is 11.9 Å². The average Bonchev–Trinajstić information content (AvgIpc) is 3.25. The molecule has 0 spiro atoms. The minimum Gasteiger partial charge on any atom is -0.378 e. The van der Waals surface area contributed by atoms with E-state index in [1.807, 2.05) is 6.07 Å². The Labute approximate surface area is 151 Å². The van der Waals surface area contributed by atoms with E-state index in [0.717, 1.165) is 49.7 Å². The van der Waals surface area contributed by atoms with Crippen molar-refractivity contribution < 1.29 is 9.47 Å². The Balaban J connectivity index is 1.51. The standard InChI is InChI=1S/C17H21N7O2/c1-25-13-6-23(7-13)17-21-14(10-4-19-16(18)20-5-10)3-15(22-17)24-8-12-2-11(24)9-26-12/h3-5,11-13H,2,6-9H2,1H3,(H2,18,19,20)/t11-,12-/m0/s1. The van der Waals surface area contributed by atoms with E-state index in [0.29, 0.717) is 18.1 Å². The molecule has 9 heteroatoms. The highest BCUT2D eigenvalue weighted by Crippen LogP contribution is 2.34. The lowest BCUT2D eigenvalue weighted by molar-refractivity contribution is 0.0778. The lowest BCUT2D eigenvalue weighted by atomic mass is 10.2. The van der Waals surface area contributed by atoms with Crippen LogP contribution in [0.4, 0.5) is 17.7 Å². The first-order valence-electron chi connectivity index (χ1n) is 8.82. The van der Waals surface area contributed by atoms with Gasteiger partial charge in [0.05, 0.1) is 30.6 Å². The Kier molecular flexibility index (Phi) is 3.64. The lowest BCUT2D eigenvalue weighted by Gasteiger charge is -2.38. The van der Waals surface area contributed by atoms with Gasteiger partial charge in [-0.05, 0) is 6.42 Å². The third-order valence-electron chi connectivity index (χ3n) is 5.33. The second kappa shape index (κ2) is 6.03. The molecule has 5 rings (SSSR count). The first kappa shape index (κ1) is 15.7. The van der Waals surface area contributed by atoms with Crippen molar-refractivity contribution in [1.29, 1.82) is 0 Å². The minimum atomic E-state index is 0.238. The molecule has 3 fully saturated rings. The molecule has 3 saturated heterocycles. The fourth-order valence-corrected chi connectivity index (χ4v) is 3.76. The van der Waals surface area contributed by atoms with E-state index in [-0.39, 0.29) is 12.1 Å². The first-order valence-corrected chi connectivity index (χ1v) is 8.82. The van der Waals surface area contributed by atoms with Crippen LogP contribution < -0.4 is 15.5 Å². The zero-order chi connectivity index (χ0) is 17.7. The highest BCUT2D eigenvalue weighted by molar-refractivity contribution is 5.65. The topological polar surface area (TPSA) is 103 Å². The molecule has 136 valence electrons. The molecule has 3 aliphatic rings. The van der Waals surface area contributed by atoms with Gasteiger partial charge in [-0.1, -0.05) is 0 Å². The average molecular weight is 355 g/mol. The quantitative estimate of drug-likeness (QED) is 0.831. The maximum atomic E-state index is 5.72. The van der Waals surface area contributed by atoms with Crippen molar-refractivity contribution in [2.45, 2.75) is 24.7 Å². The van der Waals surface area contributed by atoms with Crippen LogP contribution >= 0.6 is 0 Å². The third-order valence-corrected chi connectivity index (χ3v) is 5.33. The molecule has 2 aromatic heterocycles. The van der Waals surface area contributed by atoms with Crippen LogP contribution in [0.25, 0.3) is 11.3 Å². The van der Waals surface area contributed by atoms with Gasteiger partial charge in [0.25, 0.3) is 0 Å². The molecule has 0 saturated carbocycles. The van der Waals surface area contributed by atoms with Crippen molar-refractivity contribution in [2.75, 3.05) is 48.9 Å². The van der Waals surface area contributed by atoms with Crippen molar-refractivity contribution >= 4 is 17.7 Å². The summed E-state index contributed by atoms with van der Waals surface area (Å²) < 4.78 is 11.1. The zero-order valence-corrected chi connectivity index (χ0v) is 14.6. The SMILES string of the molecule is COC1CN(c2nc(-c3cnc(N)nc3)cc(N3C[C@@H]4C[C@H]3CO4)n2)C1. The Bertz CT molecular complexity index is 809. The van der Waals surface area contributed by atoms with Crippen molar-refractivity contribution in [3.05, 3.63) is 18.5 Å². The molecule has 0 aliphatic carbocycles. The summed E-state index contributed by atoms with van der Waals surface area (Å²) >= 11 is 0. The molecular weight excluding hydrogens is 334 g/mol. The van der Waals surface area contributed by atoms with E-state index >= 15 is 0 Å². The van der Waals surface area contributed by atoms with Gasteiger partial charge in [-0.15, -0.1) is 0 Å². The molecule has 0 amide bonds. The molecule has 9 nitrogen and oxygen atoms in total. The number of nitrogen functional groups attached to an aromatic ring is 1. The normalized spacial score (nSPS) is 25.0. The Hall–Kier alpha value is -2.52. The van der Waals surface area contributed by atoms with E-state index in [1.165, 1.54) is 0 Å². The van der Waals surface area contributed by atoms with Crippen LogP contribution in [0.15, 0.2) is 18.5 Å². The van der Waals surface area contributed by atoms with Gasteiger partial charge >= 0.3 is 0 Å². The van der Waals surface area contributed by atoms with E-state index in [1.54, 1.807) is 19.5 Å². The Morgan fingerprint density at radius 1 is 1.19 bits per heavy atom. The highest BCUT2D eigenvalue weighted by Gasteiger charge is 2.40. The molecule has 2 N–H and O–H groups in total. The van der Waals surface area contributed by atoms with Crippen molar-refractivity contribution in [1.82, 2.24) is 19.9 Å². The summed E-state index contributed by atoms with van der Waals surface area (Å²) in [6.07, 6.45) is 5.01. The molecule has 0 aromatic carbocycles. The van der Waals surface area contributed by atoms with E-state index in [2.05, 4.69) is 19.8 Å². The first-order chi connectivity index (χ1) is 12.7. The summed E-state index contributed by atoms with van der Waals surface area (Å²) in [5, 5.41) is 0. The van der Waals surface area contributed by atoms with Gasteiger partial charge in [-0.2, -0.15) is 4.98 Å². The number of rotatable bonds is 4. The number of hydrogen-bond donors (Lipinski definition) is 1. The summed E-state index contributed by atoms with van der Waals surface area (Å²) in [4.78, 5) is 22.2. The fourth-order valence-electron chi connectivity index (χ4n) is 3.76. The largest absolute Gasteiger partial charge is 0.378 e. The van der Waals surface area contributed by atoms with E-state index in [4.69, 9.17) is 25.2 Å². The molecule has 3 aliphatic heterocycles. The number of morpholine rings is 1. The number of ether oxygens (including phenoxy) is 2. The number of hydrogen-bond acceptors (Lipinski definition) is 9. The number of anilines is 3. The fraction of sp³-hybridized carbons (Fsp3) is 0.529. The molecule has 2 aromatic rings. The predicted octanol–water partition coefficient (Wildman–Crippen LogP) is 0.328. The summed E-state index contributed by atoms with van der Waals surface area (Å²) in [7, 11) is 1.73. The van der Waals surface area contributed by atoms with Crippen LogP contribution in [0.3, 0.4) is 0 Å². The van der Waals surface area contributed by atoms with Crippen LogP contribution in [0.5, 0.6) is 0 Å². The maximum absolute atomic E-state index is 5.72. The summed E-state index contributed by atoms with van der Waals surface area (Å²) in [6, 6.07) is 2.40. The molecule has 2 atom stereocenters. The van der Waals surface area contributed by atoms with Crippen molar-refractivity contribution in [3.8, 4) is 11.3 Å². The molecule has 2 bridgehead atoms. The second-order valence-corrected chi connectivity index (χ2v) is 7.00. The summed E-state index contributed by atoms with van der Waals surface area (Å²) in [6.45, 7) is 3.23. The maximum Gasteiger partial charge on any atom is 0.228 e. The Morgan fingerprint density at radius 2 is 2.00 bits per heavy atom. The Morgan fingerprint density at radius 3 is 2.65 bits per heavy atom. The van der Waals surface area contributed by atoms with Gasteiger partial charge in [0.15, 0.2) is 0 Å². The van der Waals surface area contributed by atoms with Crippen LogP contribution in [0.2, 0.25) is 0 Å². The molecule has 0 radical (unpaired) electrons. The van der Waals surface area contributed by atoms with E-state index in [9.17, 15) is 0 Å². The number of methoxy groups -OCH3 is 1. The number of aromatic nitrogens is 4. The van der Waals surface area contributed by atoms with Crippen LogP contribution in [0.1, 0.15) is 6.42 Å². The van der Waals surface area contributed by atoms with Gasteiger partial charge < -0.3 is 25.0 Å². The van der Waals surface area contributed by atoms with Gasteiger partial charge in [0.1, 0.15) is 5.82 Å². The van der Waals surface area contributed by atoms with Gasteiger partial charge in [0, 0.05) is 50.8 Å². The highest BCUT2D eigenvalue weighted by atomic mass is 16.5. The monoisotopic (exact) mass is 355 g/mol.